The first-order valence-corrected chi connectivity index (χ1v) is 7.40. The van der Waals surface area contributed by atoms with Crippen LogP contribution in [0.25, 0.3) is 5.69 Å². The van der Waals surface area contributed by atoms with E-state index < -0.39 is 11.8 Å². The lowest BCUT2D eigenvalue weighted by Crippen LogP contribution is -2.31. The number of nitrogens with zero attached hydrogens (tertiary/aromatic N) is 3. The minimum Gasteiger partial charge on any atom is -0.331 e. The quantitative estimate of drug-likeness (QED) is 0.773. The molecule has 1 heterocycles. The Hall–Kier alpha value is -3.22. The van der Waals surface area contributed by atoms with Crippen molar-refractivity contribution in [1.29, 1.82) is 0 Å². The number of urea groups is 1. The molecule has 0 aliphatic heterocycles. The highest BCUT2D eigenvalue weighted by Crippen LogP contribution is 2.16. The summed E-state index contributed by atoms with van der Waals surface area (Å²) in [6, 6.07) is 12.9. The molecule has 0 saturated heterocycles. The second kappa shape index (κ2) is 6.91. The van der Waals surface area contributed by atoms with Crippen LogP contribution in [0.3, 0.4) is 0 Å². The Balaban J connectivity index is 1.63. The van der Waals surface area contributed by atoms with E-state index in [4.69, 9.17) is 0 Å². The zero-order valence-electron chi connectivity index (χ0n) is 13.0. The number of nitrogens with one attached hydrogen (secondary N) is 2. The molecule has 1 atom stereocenters. The van der Waals surface area contributed by atoms with Gasteiger partial charge in [-0.2, -0.15) is 5.10 Å². The van der Waals surface area contributed by atoms with Gasteiger partial charge in [0.05, 0.1) is 17.4 Å². The van der Waals surface area contributed by atoms with Gasteiger partial charge in [0.1, 0.15) is 18.5 Å². The Labute approximate surface area is 138 Å². The molecule has 2 amide bonds. The first-order valence-electron chi connectivity index (χ1n) is 7.40. The lowest BCUT2D eigenvalue weighted by atomic mass is 10.1. The molecule has 6 nitrogen and oxygen atoms in total. The number of halogens is 1. The lowest BCUT2D eigenvalue weighted by molar-refractivity contribution is 0.249. The van der Waals surface area contributed by atoms with Crippen molar-refractivity contribution in [2.75, 3.05) is 5.32 Å². The van der Waals surface area contributed by atoms with Crippen LogP contribution in [-0.2, 0) is 0 Å². The smallest absolute Gasteiger partial charge is 0.319 e. The van der Waals surface area contributed by atoms with Crippen molar-refractivity contribution >= 4 is 11.7 Å². The van der Waals surface area contributed by atoms with Crippen LogP contribution in [0.1, 0.15) is 18.5 Å². The predicted octanol–water partition coefficient (Wildman–Crippen LogP) is 3.29. The summed E-state index contributed by atoms with van der Waals surface area (Å²) in [5.74, 6) is -0.475. The number of amides is 2. The summed E-state index contributed by atoms with van der Waals surface area (Å²) in [6.45, 7) is 1.85. The minimum atomic E-state index is -0.475. The molecule has 0 bridgehead atoms. The number of benzene rings is 2. The molecule has 0 radical (unpaired) electrons. The maximum Gasteiger partial charge on any atom is 0.319 e. The highest BCUT2D eigenvalue weighted by molar-refractivity contribution is 5.89. The normalized spacial score (nSPS) is 11.8. The van der Waals surface area contributed by atoms with Gasteiger partial charge in [-0.1, -0.05) is 24.3 Å². The Morgan fingerprint density at radius 1 is 1.17 bits per heavy atom. The average molecular weight is 325 g/mol. The van der Waals surface area contributed by atoms with Crippen molar-refractivity contribution in [2.24, 2.45) is 0 Å². The molecular formula is C17H16FN5O. The van der Waals surface area contributed by atoms with Crippen molar-refractivity contribution < 1.29 is 9.18 Å². The predicted molar refractivity (Wildman–Crippen MR) is 88.3 cm³/mol. The number of hydrogen-bond acceptors (Lipinski definition) is 3. The van der Waals surface area contributed by atoms with Gasteiger partial charge in [-0.3, -0.25) is 0 Å². The van der Waals surface area contributed by atoms with Crippen LogP contribution in [0.5, 0.6) is 0 Å². The van der Waals surface area contributed by atoms with E-state index in [1.54, 1.807) is 23.1 Å². The molecule has 3 rings (SSSR count). The fraction of sp³-hybridized carbons (Fsp3) is 0.118. The van der Waals surface area contributed by atoms with Gasteiger partial charge < -0.3 is 10.6 Å². The topological polar surface area (TPSA) is 71.8 Å². The number of para-hydroxylation sites is 1. The first-order chi connectivity index (χ1) is 11.6. The Bertz CT molecular complexity index is 817. The summed E-state index contributed by atoms with van der Waals surface area (Å²) in [4.78, 5) is 15.9. The van der Waals surface area contributed by atoms with Crippen molar-refractivity contribution in [3.05, 3.63) is 72.6 Å². The zero-order valence-corrected chi connectivity index (χ0v) is 13.0. The van der Waals surface area contributed by atoms with E-state index in [1.165, 1.54) is 18.5 Å². The Kier molecular flexibility index (Phi) is 4.51. The first kappa shape index (κ1) is 15.7. The second-order valence-electron chi connectivity index (χ2n) is 5.23. The molecule has 7 heteroatoms. The zero-order chi connectivity index (χ0) is 16.9. The van der Waals surface area contributed by atoms with Gasteiger partial charge in [-0.15, -0.1) is 0 Å². The number of carbonyl (C=O) groups excluding carboxylic acids is 1. The number of carbonyl (C=O) groups is 1. The molecule has 24 heavy (non-hydrogen) atoms. The third kappa shape index (κ3) is 3.57. The summed E-state index contributed by atoms with van der Waals surface area (Å²) in [6.07, 6.45) is 3.07. The summed E-state index contributed by atoms with van der Waals surface area (Å²) in [7, 11) is 0. The molecule has 1 unspecified atom stereocenters. The maximum absolute atomic E-state index is 13.5. The summed E-state index contributed by atoms with van der Waals surface area (Å²) < 4.78 is 15.2. The molecule has 0 fully saturated rings. The van der Waals surface area contributed by atoms with Crippen LogP contribution in [0.2, 0.25) is 0 Å². The summed E-state index contributed by atoms with van der Waals surface area (Å²) >= 11 is 0. The largest absolute Gasteiger partial charge is 0.331 e. The molecular weight excluding hydrogens is 309 g/mol. The van der Waals surface area contributed by atoms with E-state index in [0.29, 0.717) is 0 Å². The second-order valence-corrected chi connectivity index (χ2v) is 5.23. The Morgan fingerprint density at radius 3 is 2.58 bits per heavy atom. The minimum absolute atomic E-state index is 0.142. The lowest BCUT2D eigenvalue weighted by Gasteiger charge is -2.15. The van der Waals surface area contributed by atoms with E-state index in [0.717, 1.165) is 11.3 Å². The molecule has 122 valence electrons. The van der Waals surface area contributed by atoms with Crippen LogP contribution >= 0.6 is 0 Å². The average Bonchev–Trinajstić information content (AvgIpc) is 3.11. The number of rotatable bonds is 4. The van der Waals surface area contributed by atoms with E-state index in [1.807, 2.05) is 31.2 Å². The molecule has 0 aliphatic carbocycles. The molecule has 2 aromatic carbocycles. The van der Waals surface area contributed by atoms with E-state index in [-0.39, 0.29) is 11.7 Å². The molecule has 1 aromatic heterocycles. The van der Waals surface area contributed by atoms with Crippen molar-refractivity contribution in [1.82, 2.24) is 20.1 Å². The van der Waals surface area contributed by atoms with Gasteiger partial charge >= 0.3 is 6.03 Å². The van der Waals surface area contributed by atoms with Crippen molar-refractivity contribution in [3.8, 4) is 5.69 Å². The fourth-order valence-corrected chi connectivity index (χ4v) is 2.26. The van der Waals surface area contributed by atoms with Gasteiger partial charge in [0.15, 0.2) is 0 Å². The van der Waals surface area contributed by atoms with Gasteiger partial charge in [0, 0.05) is 0 Å². The third-order valence-corrected chi connectivity index (χ3v) is 3.55. The van der Waals surface area contributed by atoms with Gasteiger partial charge in [-0.05, 0) is 36.8 Å². The SMILES string of the molecule is CC(NC(=O)Nc1ccccc1F)c1ccc(-n2cncn2)cc1. The van der Waals surface area contributed by atoms with Crippen LogP contribution < -0.4 is 10.6 Å². The molecule has 0 aliphatic rings. The van der Waals surface area contributed by atoms with E-state index in [9.17, 15) is 9.18 Å². The van der Waals surface area contributed by atoms with Gasteiger partial charge in [0.25, 0.3) is 0 Å². The third-order valence-electron chi connectivity index (χ3n) is 3.55. The monoisotopic (exact) mass is 325 g/mol. The van der Waals surface area contributed by atoms with Gasteiger partial charge in [-0.25, -0.2) is 18.9 Å². The fourth-order valence-electron chi connectivity index (χ4n) is 2.26. The Morgan fingerprint density at radius 2 is 1.92 bits per heavy atom. The molecule has 2 N–H and O–H groups in total. The molecule has 0 saturated carbocycles. The summed E-state index contributed by atoms with van der Waals surface area (Å²) in [5, 5.41) is 9.33. The highest BCUT2D eigenvalue weighted by Gasteiger charge is 2.11. The number of anilines is 1. The standard InChI is InChI=1S/C17H16FN5O/c1-12(21-17(24)22-16-5-3-2-4-15(16)18)13-6-8-14(9-7-13)23-11-19-10-20-23/h2-12H,1H3,(H2,21,22,24). The highest BCUT2D eigenvalue weighted by atomic mass is 19.1. The van der Waals surface area contributed by atoms with Crippen LogP contribution in [0, 0.1) is 5.82 Å². The van der Waals surface area contributed by atoms with Crippen molar-refractivity contribution in [2.45, 2.75) is 13.0 Å². The van der Waals surface area contributed by atoms with Crippen LogP contribution in [0.15, 0.2) is 61.2 Å². The maximum atomic E-state index is 13.5. The number of aromatic nitrogens is 3. The van der Waals surface area contributed by atoms with E-state index >= 15 is 0 Å². The molecule has 0 spiro atoms. The number of hydrogen-bond donors (Lipinski definition) is 2. The summed E-state index contributed by atoms with van der Waals surface area (Å²) in [5.41, 5.74) is 1.94. The van der Waals surface area contributed by atoms with Crippen molar-refractivity contribution in [3.63, 3.8) is 0 Å². The van der Waals surface area contributed by atoms with E-state index in [2.05, 4.69) is 20.7 Å². The van der Waals surface area contributed by atoms with Gasteiger partial charge in [0.2, 0.25) is 0 Å². The van der Waals surface area contributed by atoms with Crippen LogP contribution in [0.4, 0.5) is 14.9 Å². The van der Waals surface area contributed by atoms with Crippen LogP contribution in [-0.4, -0.2) is 20.8 Å². The molecule has 3 aromatic rings.